The monoisotopic (exact) mass is 472 g/mol. The van der Waals surface area contributed by atoms with Gasteiger partial charge in [0, 0.05) is 37.2 Å². The highest BCUT2D eigenvalue weighted by Gasteiger charge is 2.41. The van der Waals surface area contributed by atoms with E-state index in [1.54, 1.807) is 43.0 Å². The fraction of sp³-hybridized carbons (Fsp3) is 0.333. The molecule has 0 bridgehead atoms. The van der Waals surface area contributed by atoms with Gasteiger partial charge in [-0.15, -0.1) is 0 Å². The molecule has 33 heavy (non-hydrogen) atoms. The Morgan fingerprint density at radius 2 is 1.91 bits per heavy atom. The highest BCUT2D eigenvalue weighted by atomic mass is 35.5. The van der Waals surface area contributed by atoms with Crippen molar-refractivity contribution in [3.63, 3.8) is 0 Å². The third-order valence-electron chi connectivity index (χ3n) is 5.97. The van der Waals surface area contributed by atoms with Crippen molar-refractivity contribution >= 4 is 17.5 Å². The van der Waals surface area contributed by atoms with E-state index in [2.05, 4.69) is 15.2 Å². The van der Waals surface area contributed by atoms with Crippen LogP contribution in [-0.2, 0) is 0 Å². The third kappa shape index (κ3) is 4.95. The Hall–Kier alpha value is -3.13. The molecule has 0 aliphatic carbocycles. The standard InChI is InChI=1S/C24H23ClF2N4O2/c1-13-8-18(14(2)30-29-13)24(32)31-11-19(15(3)33-23-7-5-17(25)10-28-23)20(12-31)16-4-6-21(26)22(27)9-16/h4-10,15,19-20H,11-12H2,1-3H3/t15-,19?,20+/m0/s1. The number of nitrogens with zero attached hydrogens (tertiary/aromatic N) is 4. The number of aryl methyl sites for hydroxylation is 2. The molecule has 9 heteroatoms. The van der Waals surface area contributed by atoms with Crippen LogP contribution >= 0.6 is 11.6 Å². The fourth-order valence-electron chi connectivity index (χ4n) is 4.21. The average Bonchev–Trinajstić information content (AvgIpc) is 3.24. The fourth-order valence-corrected chi connectivity index (χ4v) is 4.32. The molecule has 172 valence electrons. The normalized spacial score (nSPS) is 18.9. The Kier molecular flexibility index (Phi) is 6.56. The first kappa shape index (κ1) is 23.0. The van der Waals surface area contributed by atoms with E-state index in [1.807, 2.05) is 6.92 Å². The maximum atomic E-state index is 14.0. The molecule has 6 nitrogen and oxygen atoms in total. The van der Waals surface area contributed by atoms with Crippen LogP contribution in [0, 0.1) is 31.4 Å². The van der Waals surface area contributed by atoms with Crippen molar-refractivity contribution in [3.05, 3.63) is 81.8 Å². The van der Waals surface area contributed by atoms with Crippen molar-refractivity contribution in [2.45, 2.75) is 32.8 Å². The van der Waals surface area contributed by atoms with Gasteiger partial charge in [0.2, 0.25) is 5.88 Å². The van der Waals surface area contributed by atoms with Gasteiger partial charge in [-0.3, -0.25) is 4.79 Å². The second kappa shape index (κ2) is 9.39. The SMILES string of the molecule is Cc1cc(C(=O)N2CC([C@H](C)Oc3ccc(Cl)cn3)[C@@H](c3ccc(F)c(F)c3)C2)c(C)nn1. The molecule has 1 unspecified atom stereocenters. The zero-order valence-corrected chi connectivity index (χ0v) is 19.2. The van der Waals surface area contributed by atoms with E-state index in [0.717, 1.165) is 6.07 Å². The highest BCUT2D eigenvalue weighted by Crippen LogP contribution is 2.37. The van der Waals surface area contributed by atoms with Crippen molar-refractivity contribution in [1.82, 2.24) is 20.1 Å². The third-order valence-corrected chi connectivity index (χ3v) is 6.19. The maximum Gasteiger partial charge on any atom is 0.255 e. The maximum absolute atomic E-state index is 14.0. The molecule has 2 aromatic heterocycles. The minimum absolute atomic E-state index is 0.183. The number of pyridine rings is 1. The van der Waals surface area contributed by atoms with Crippen LogP contribution in [-0.4, -0.2) is 45.2 Å². The van der Waals surface area contributed by atoms with Crippen LogP contribution in [0.2, 0.25) is 5.02 Å². The van der Waals surface area contributed by atoms with E-state index in [-0.39, 0.29) is 23.8 Å². The van der Waals surface area contributed by atoms with E-state index >= 15 is 0 Å². The van der Waals surface area contributed by atoms with Gasteiger partial charge in [-0.1, -0.05) is 17.7 Å². The van der Waals surface area contributed by atoms with Crippen LogP contribution in [0.5, 0.6) is 5.88 Å². The van der Waals surface area contributed by atoms with Gasteiger partial charge in [0.15, 0.2) is 11.6 Å². The molecule has 1 fully saturated rings. The summed E-state index contributed by atoms with van der Waals surface area (Å²) < 4.78 is 33.7. The quantitative estimate of drug-likeness (QED) is 0.536. The highest BCUT2D eigenvalue weighted by molar-refractivity contribution is 6.30. The number of carbonyl (C=O) groups is 1. The lowest BCUT2D eigenvalue weighted by Crippen LogP contribution is -2.32. The van der Waals surface area contributed by atoms with Gasteiger partial charge in [-0.25, -0.2) is 13.8 Å². The smallest absolute Gasteiger partial charge is 0.255 e. The molecule has 3 atom stereocenters. The number of ether oxygens (including phenoxy) is 1. The molecule has 1 saturated heterocycles. The minimum Gasteiger partial charge on any atom is -0.474 e. The summed E-state index contributed by atoms with van der Waals surface area (Å²) in [7, 11) is 0. The number of carbonyl (C=O) groups excluding carboxylic acids is 1. The number of hydrogen-bond acceptors (Lipinski definition) is 5. The first-order valence-electron chi connectivity index (χ1n) is 10.6. The summed E-state index contributed by atoms with van der Waals surface area (Å²) in [6.45, 7) is 6.09. The number of benzene rings is 1. The summed E-state index contributed by atoms with van der Waals surface area (Å²) >= 11 is 5.90. The van der Waals surface area contributed by atoms with Crippen LogP contribution in [0.1, 0.15) is 40.2 Å². The number of rotatable bonds is 5. The van der Waals surface area contributed by atoms with E-state index in [9.17, 15) is 13.6 Å². The molecule has 1 aromatic carbocycles. The van der Waals surface area contributed by atoms with E-state index in [4.69, 9.17) is 16.3 Å². The van der Waals surface area contributed by atoms with Crippen LogP contribution in [0.25, 0.3) is 0 Å². The van der Waals surface area contributed by atoms with Crippen molar-refractivity contribution in [3.8, 4) is 5.88 Å². The Labute approximate surface area is 195 Å². The molecule has 3 aromatic rings. The number of halogens is 3. The summed E-state index contributed by atoms with van der Waals surface area (Å²) in [4.78, 5) is 19.2. The van der Waals surface area contributed by atoms with Gasteiger partial charge in [0.1, 0.15) is 6.10 Å². The molecule has 3 heterocycles. The van der Waals surface area contributed by atoms with Gasteiger partial charge >= 0.3 is 0 Å². The Morgan fingerprint density at radius 1 is 1.12 bits per heavy atom. The van der Waals surface area contributed by atoms with Gasteiger partial charge in [0.25, 0.3) is 5.91 Å². The topological polar surface area (TPSA) is 68.2 Å². The molecule has 0 radical (unpaired) electrons. The molecule has 0 spiro atoms. The van der Waals surface area contributed by atoms with Gasteiger partial charge < -0.3 is 9.64 Å². The Bertz CT molecular complexity index is 1180. The Morgan fingerprint density at radius 3 is 2.61 bits per heavy atom. The van der Waals surface area contributed by atoms with E-state index in [0.29, 0.717) is 46.5 Å². The number of hydrogen-bond donors (Lipinski definition) is 0. The Balaban J connectivity index is 1.64. The van der Waals surface area contributed by atoms with Gasteiger partial charge in [0.05, 0.1) is 22.0 Å². The molecule has 0 N–H and O–H groups in total. The predicted molar refractivity (Wildman–Crippen MR) is 119 cm³/mol. The first-order valence-corrected chi connectivity index (χ1v) is 10.9. The van der Waals surface area contributed by atoms with Crippen LogP contribution < -0.4 is 4.74 Å². The lowest BCUT2D eigenvalue weighted by Gasteiger charge is -2.25. The summed E-state index contributed by atoms with van der Waals surface area (Å²) in [5.41, 5.74) is 2.25. The second-order valence-corrected chi connectivity index (χ2v) is 8.71. The van der Waals surface area contributed by atoms with Crippen molar-refractivity contribution in [1.29, 1.82) is 0 Å². The molecule has 1 aliphatic rings. The zero-order valence-electron chi connectivity index (χ0n) is 18.4. The lowest BCUT2D eigenvalue weighted by atomic mass is 9.85. The molecular weight excluding hydrogens is 450 g/mol. The number of likely N-dealkylation sites (tertiary alicyclic amines) is 1. The average molecular weight is 473 g/mol. The minimum atomic E-state index is -0.922. The van der Waals surface area contributed by atoms with Crippen LogP contribution in [0.15, 0.2) is 42.6 Å². The largest absolute Gasteiger partial charge is 0.474 e. The zero-order chi connectivity index (χ0) is 23.7. The lowest BCUT2D eigenvalue weighted by molar-refractivity contribution is 0.0768. The first-order chi connectivity index (χ1) is 15.7. The number of amides is 1. The van der Waals surface area contributed by atoms with Crippen molar-refractivity contribution in [2.24, 2.45) is 5.92 Å². The van der Waals surface area contributed by atoms with Crippen molar-refractivity contribution in [2.75, 3.05) is 13.1 Å². The molecular formula is C24H23ClF2N4O2. The van der Waals surface area contributed by atoms with Crippen LogP contribution in [0.4, 0.5) is 8.78 Å². The van der Waals surface area contributed by atoms with E-state index in [1.165, 1.54) is 12.3 Å². The second-order valence-electron chi connectivity index (χ2n) is 8.28. The summed E-state index contributed by atoms with van der Waals surface area (Å²) in [5.74, 6) is -2.07. The summed E-state index contributed by atoms with van der Waals surface area (Å²) in [5, 5.41) is 8.53. The molecule has 1 amide bonds. The molecule has 4 rings (SSSR count). The number of aromatic nitrogens is 3. The van der Waals surface area contributed by atoms with E-state index < -0.39 is 11.6 Å². The summed E-state index contributed by atoms with van der Waals surface area (Å²) in [6.07, 6.45) is 1.12. The van der Waals surface area contributed by atoms with Gasteiger partial charge in [-0.05, 0) is 50.6 Å². The van der Waals surface area contributed by atoms with Crippen LogP contribution in [0.3, 0.4) is 0 Å². The molecule has 0 saturated carbocycles. The van der Waals surface area contributed by atoms with Crippen molar-refractivity contribution < 1.29 is 18.3 Å². The molecule has 1 aliphatic heterocycles. The van der Waals surface area contributed by atoms with Gasteiger partial charge in [-0.2, -0.15) is 10.2 Å². The summed E-state index contributed by atoms with van der Waals surface area (Å²) in [6, 6.07) is 8.91. The predicted octanol–water partition coefficient (Wildman–Crippen LogP) is 4.74.